The molecule has 27 heavy (non-hydrogen) atoms. The number of amides is 1. The highest BCUT2D eigenvalue weighted by Crippen LogP contribution is 2.25. The molecule has 0 aliphatic heterocycles. The van der Waals surface area contributed by atoms with Gasteiger partial charge in [-0.15, -0.1) is 0 Å². The second-order valence-electron chi connectivity index (χ2n) is 5.91. The van der Waals surface area contributed by atoms with Gasteiger partial charge in [0.1, 0.15) is 5.75 Å². The maximum absolute atomic E-state index is 12.7. The van der Waals surface area contributed by atoms with E-state index in [1.165, 1.54) is 35.6 Å². The molecule has 0 fully saturated rings. The smallest absolute Gasteiger partial charge is 0.264 e. The largest absolute Gasteiger partial charge is 0.484 e. The minimum atomic E-state index is -3.69. The third kappa shape index (κ3) is 5.87. The summed E-state index contributed by atoms with van der Waals surface area (Å²) in [5.41, 5.74) is 0.477. The molecule has 6 nitrogen and oxygen atoms in total. The lowest BCUT2D eigenvalue weighted by Gasteiger charge is -2.20. The van der Waals surface area contributed by atoms with E-state index in [0.717, 1.165) is 12.8 Å². The second kappa shape index (κ2) is 9.62. The average Bonchev–Trinajstić information content (AvgIpc) is 2.67. The van der Waals surface area contributed by atoms with Gasteiger partial charge in [0, 0.05) is 18.6 Å². The average molecular weight is 411 g/mol. The molecule has 0 aliphatic carbocycles. The molecular weight excluding hydrogens is 388 g/mol. The molecule has 146 valence electrons. The predicted molar refractivity (Wildman–Crippen MR) is 107 cm³/mol. The van der Waals surface area contributed by atoms with Crippen molar-refractivity contribution in [1.29, 1.82) is 0 Å². The minimum Gasteiger partial charge on any atom is -0.484 e. The molecule has 1 N–H and O–H groups in total. The van der Waals surface area contributed by atoms with E-state index in [2.05, 4.69) is 5.32 Å². The normalized spacial score (nSPS) is 11.1. The van der Waals surface area contributed by atoms with Crippen LogP contribution in [0, 0.1) is 0 Å². The Hall–Kier alpha value is -2.25. The van der Waals surface area contributed by atoms with E-state index in [1.54, 1.807) is 24.3 Å². The van der Waals surface area contributed by atoms with Crippen molar-refractivity contribution < 1.29 is 17.9 Å². The summed E-state index contributed by atoms with van der Waals surface area (Å²) >= 11 is 5.81. The van der Waals surface area contributed by atoms with E-state index >= 15 is 0 Å². The van der Waals surface area contributed by atoms with Crippen LogP contribution < -0.4 is 14.4 Å². The van der Waals surface area contributed by atoms with Gasteiger partial charge in [0.25, 0.3) is 15.9 Å². The Morgan fingerprint density at radius 3 is 2.33 bits per heavy atom. The molecule has 0 heterocycles. The molecule has 0 bridgehead atoms. The standard InChI is InChI=1S/C19H23ClN2O4S/c1-3-4-13-21-19(23)14-26-17-9-7-16(8-10-17)22(2)27(24,25)18-11-5-15(20)6-12-18/h5-12H,3-4,13-14H2,1-2H3,(H,21,23). The molecule has 0 aromatic heterocycles. The number of sulfonamides is 1. The fourth-order valence-corrected chi connectivity index (χ4v) is 3.58. The Bertz CT molecular complexity index is 852. The van der Waals surface area contributed by atoms with Crippen molar-refractivity contribution in [2.24, 2.45) is 0 Å². The Labute approximate surface area is 165 Å². The van der Waals surface area contributed by atoms with E-state index in [9.17, 15) is 13.2 Å². The molecule has 0 aliphatic rings. The molecule has 1 amide bonds. The molecule has 2 aromatic carbocycles. The summed E-state index contributed by atoms with van der Waals surface area (Å²) in [5, 5.41) is 3.23. The topological polar surface area (TPSA) is 75.7 Å². The van der Waals surface area contributed by atoms with E-state index in [0.29, 0.717) is 23.0 Å². The number of halogens is 1. The second-order valence-corrected chi connectivity index (χ2v) is 8.32. The van der Waals surface area contributed by atoms with Gasteiger partial charge in [0.15, 0.2) is 6.61 Å². The van der Waals surface area contributed by atoms with Crippen LogP contribution >= 0.6 is 11.6 Å². The number of ether oxygens (including phenoxy) is 1. The molecule has 0 unspecified atom stereocenters. The first-order chi connectivity index (χ1) is 12.8. The van der Waals surface area contributed by atoms with Crippen LogP contribution in [0.1, 0.15) is 19.8 Å². The van der Waals surface area contributed by atoms with Crippen molar-refractivity contribution >= 4 is 33.2 Å². The van der Waals surface area contributed by atoms with Crippen LogP contribution in [0.3, 0.4) is 0 Å². The summed E-state index contributed by atoms with van der Waals surface area (Å²) in [4.78, 5) is 11.8. The first-order valence-corrected chi connectivity index (χ1v) is 10.4. The molecule has 2 rings (SSSR count). The number of carbonyl (C=O) groups is 1. The number of unbranched alkanes of at least 4 members (excludes halogenated alkanes) is 1. The van der Waals surface area contributed by atoms with E-state index in [1.807, 2.05) is 6.92 Å². The van der Waals surface area contributed by atoms with Gasteiger partial charge in [-0.3, -0.25) is 9.10 Å². The highest BCUT2D eigenvalue weighted by Gasteiger charge is 2.21. The lowest BCUT2D eigenvalue weighted by molar-refractivity contribution is -0.123. The minimum absolute atomic E-state index is 0.0814. The summed E-state index contributed by atoms with van der Waals surface area (Å²) in [6.45, 7) is 2.60. The number of anilines is 1. The molecule has 0 radical (unpaired) electrons. The predicted octanol–water partition coefficient (Wildman–Crippen LogP) is 3.46. The van der Waals surface area contributed by atoms with E-state index in [4.69, 9.17) is 16.3 Å². The number of hydrogen-bond donors (Lipinski definition) is 1. The Morgan fingerprint density at radius 1 is 1.11 bits per heavy atom. The van der Waals surface area contributed by atoms with Gasteiger partial charge in [0.2, 0.25) is 0 Å². The summed E-state index contributed by atoms with van der Waals surface area (Å²) in [7, 11) is -2.22. The third-order valence-electron chi connectivity index (χ3n) is 3.89. The molecule has 0 saturated carbocycles. The van der Waals surface area contributed by atoms with Crippen molar-refractivity contribution in [2.75, 3.05) is 24.5 Å². The number of rotatable bonds is 9. The van der Waals surface area contributed by atoms with E-state index in [-0.39, 0.29) is 17.4 Å². The van der Waals surface area contributed by atoms with Gasteiger partial charge in [-0.05, 0) is 55.0 Å². The summed E-state index contributed by atoms with van der Waals surface area (Å²) in [6.07, 6.45) is 1.93. The van der Waals surface area contributed by atoms with Gasteiger partial charge in [0.05, 0.1) is 10.6 Å². The highest BCUT2D eigenvalue weighted by atomic mass is 35.5. The monoisotopic (exact) mass is 410 g/mol. The Morgan fingerprint density at radius 2 is 1.74 bits per heavy atom. The lowest BCUT2D eigenvalue weighted by atomic mass is 10.3. The van der Waals surface area contributed by atoms with Crippen LogP contribution in [0.4, 0.5) is 5.69 Å². The van der Waals surface area contributed by atoms with Gasteiger partial charge < -0.3 is 10.1 Å². The Kier molecular flexibility index (Phi) is 7.50. The number of nitrogens with zero attached hydrogens (tertiary/aromatic N) is 1. The fraction of sp³-hybridized carbons (Fsp3) is 0.316. The van der Waals surface area contributed by atoms with Gasteiger partial charge in [-0.2, -0.15) is 0 Å². The van der Waals surface area contributed by atoms with Crippen LogP contribution in [0.5, 0.6) is 5.75 Å². The third-order valence-corrected chi connectivity index (χ3v) is 5.95. The summed E-state index contributed by atoms with van der Waals surface area (Å²) in [6, 6.07) is 12.5. The van der Waals surface area contributed by atoms with Crippen molar-refractivity contribution in [3.05, 3.63) is 53.6 Å². The van der Waals surface area contributed by atoms with Gasteiger partial charge in [-0.25, -0.2) is 8.42 Å². The van der Waals surface area contributed by atoms with Crippen molar-refractivity contribution in [1.82, 2.24) is 5.32 Å². The van der Waals surface area contributed by atoms with Crippen LogP contribution in [0.25, 0.3) is 0 Å². The number of benzene rings is 2. The highest BCUT2D eigenvalue weighted by molar-refractivity contribution is 7.92. The number of hydrogen-bond acceptors (Lipinski definition) is 4. The van der Waals surface area contributed by atoms with Crippen LogP contribution in [0.15, 0.2) is 53.4 Å². The maximum Gasteiger partial charge on any atom is 0.264 e. The maximum atomic E-state index is 12.7. The van der Waals surface area contributed by atoms with Gasteiger partial charge in [-0.1, -0.05) is 24.9 Å². The van der Waals surface area contributed by atoms with Crippen molar-refractivity contribution in [3.8, 4) is 5.75 Å². The van der Waals surface area contributed by atoms with Crippen molar-refractivity contribution in [2.45, 2.75) is 24.7 Å². The number of carbonyl (C=O) groups excluding carboxylic acids is 1. The molecule has 8 heteroatoms. The van der Waals surface area contributed by atoms with Gasteiger partial charge >= 0.3 is 0 Å². The number of nitrogens with one attached hydrogen (secondary N) is 1. The van der Waals surface area contributed by atoms with E-state index < -0.39 is 10.0 Å². The first-order valence-electron chi connectivity index (χ1n) is 8.58. The SMILES string of the molecule is CCCCNC(=O)COc1ccc(N(C)S(=O)(=O)c2ccc(Cl)cc2)cc1. The zero-order valence-corrected chi connectivity index (χ0v) is 16.9. The molecule has 0 atom stereocenters. The molecule has 0 saturated heterocycles. The quantitative estimate of drug-likeness (QED) is 0.642. The first kappa shape index (κ1) is 21.1. The van der Waals surface area contributed by atoms with Crippen LogP contribution in [0.2, 0.25) is 5.02 Å². The van der Waals surface area contributed by atoms with Crippen LogP contribution in [-0.4, -0.2) is 34.5 Å². The molecule has 0 spiro atoms. The summed E-state index contributed by atoms with van der Waals surface area (Å²) < 4.78 is 31.9. The van der Waals surface area contributed by atoms with Crippen molar-refractivity contribution in [3.63, 3.8) is 0 Å². The lowest BCUT2D eigenvalue weighted by Crippen LogP contribution is -2.29. The molecular formula is C19H23ClN2O4S. The fourth-order valence-electron chi connectivity index (χ4n) is 2.26. The summed E-state index contributed by atoms with van der Waals surface area (Å²) in [5.74, 6) is 0.302. The zero-order valence-electron chi connectivity index (χ0n) is 15.3. The Balaban J connectivity index is 1.99. The van der Waals surface area contributed by atoms with Crippen LogP contribution in [-0.2, 0) is 14.8 Å². The molecule has 2 aromatic rings. The zero-order chi connectivity index (χ0) is 19.9.